The first kappa shape index (κ1) is 18.8. The third-order valence-corrected chi connectivity index (χ3v) is 5.17. The van der Waals surface area contributed by atoms with E-state index in [0.29, 0.717) is 21.9 Å². The minimum absolute atomic E-state index is 0.0544. The smallest absolute Gasteiger partial charge is 0.203 e. The largest absolute Gasteiger partial charge is 0.493 e. The van der Waals surface area contributed by atoms with Gasteiger partial charge in [-0.25, -0.2) is 0 Å². The molecule has 0 atom stereocenters. The number of carbonyl (C=O) groups excluding carboxylic acids is 1. The van der Waals surface area contributed by atoms with E-state index in [0.717, 1.165) is 16.9 Å². The molecule has 0 saturated heterocycles. The van der Waals surface area contributed by atoms with Gasteiger partial charge in [0.25, 0.3) is 0 Å². The molecule has 136 valence electrons. The zero-order chi connectivity index (χ0) is 19.2. The Morgan fingerprint density at radius 2 is 1.67 bits per heavy atom. The maximum Gasteiger partial charge on any atom is 0.203 e. The van der Waals surface area contributed by atoms with Crippen molar-refractivity contribution in [3.63, 3.8) is 0 Å². The van der Waals surface area contributed by atoms with Gasteiger partial charge in [-0.15, -0.1) is 11.3 Å². The fourth-order valence-corrected chi connectivity index (χ4v) is 3.43. The van der Waals surface area contributed by atoms with Gasteiger partial charge in [0.1, 0.15) is 0 Å². The number of benzene rings is 2. The van der Waals surface area contributed by atoms with Gasteiger partial charge in [0.05, 0.1) is 24.0 Å². The number of methoxy groups -OCH3 is 2. The van der Waals surface area contributed by atoms with Crippen LogP contribution in [0, 0.1) is 11.8 Å². The van der Waals surface area contributed by atoms with Crippen LogP contribution in [0.15, 0.2) is 54.6 Å². The topological polar surface area (TPSA) is 35.5 Å². The van der Waals surface area contributed by atoms with E-state index in [4.69, 9.17) is 9.47 Å². The number of ether oxygens (including phenoxy) is 2. The summed E-state index contributed by atoms with van der Waals surface area (Å²) in [6.45, 7) is 2.13. The summed E-state index contributed by atoms with van der Waals surface area (Å²) in [5.74, 6) is 7.37. The van der Waals surface area contributed by atoms with E-state index in [2.05, 4.69) is 30.9 Å². The molecule has 4 heteroatoms. The molecule has 0 saturated carbocycles. The SMILES string of the molecule is CCc1ccc(C#Cc2ccc(C(=O)c3ccc(OC)c(OC)c3)s2)cc1. The Bertz CT molecular complexity index is 1000. The lowest BCUT2D eigenvalue weighted by molar-refractivity contribution is 0.104. The number of aryl methyl sites for hydroxylation is 1. The molecule has 0 amide bonds. The summed E-state index contributed by atoms with van der Waals surface area (Å²) < 4.78 is 10.5. The first-order chi connectivity index (χ1) is 13.1. The number of ketones is 1. The molecule has 0 fully saturated rings. The van der Waals surface area contributed by atoms with Crippen molar-refractivity contribution in [3.05, 3.63) is 81.0 Å². The quantitative estimate of drug-likeness (QED) is 0.466. The van der Waals surface area contributed by atoms with Crippen LogP contribution in [0.3, 0.4) is 0 Å². The van der Waals surface area contributed by atoms with Gasteiger partial charge >= 0.3 is 0 Å². The van der Waals surface area contributed by atoms with E-state index in [9.17, 15) is 4.79 Å². The van der Waals surface area contributed by atoms with Crippen LogP contribution < -0.4 is 9.47 Å². The Morgan fingerprint density at radius 1 is 0.926 bits per heavy atom. The first-order valence-electron chi connectivity index (χ1n) is 8.62. The highest BCUT2D eigenvalue weighted by Gasteiger charge is 2.14. The zero-order valence-corrected chi connectivity index (χ0v) is 16.4. The second-order valence-electron chi connectivity index (χ2n) is 5.86. The van der Waals surface area contributed by atoms with Crippen molar-refractivity contribution in [3.8, 4) is 23.3 Å². The van der Waals surface area contributed by atoms with Gasteiger partial charge in [0, 0.05) is 11.1 Å². The van der Waals surface area contributed by atoms with E-state index in [-0.39, 0.29) is 5.78 Å². The van der Waals surface area contributed by atoms with Crippen LogP contribution in [0.2, 0.25) is 0 Å². The molecular weight excluding hydrogens is 356 g/mol. The average Bonchev–Trinajstić information content (AvgIpc) is 3.20. The zero-order valence-electron chi connectivity index (χ0n) is 15.5. The highest BCUT2D eigenvalue weighted by Crippen LogP contribution is 2.29. The molecule has 3 nitrogen and oxygen atoms in total. The molecule has 0 N–H and O–H groups in total. The van der Waals surface area contributed by atoms with Crippen molar-refractivity contribution in [2.45, 2.75) is 13.3 Å². The van der Waals surface area contributed by atoms with E-state index in [1.165, 1.54) is 16.9 Å². The van der Waals surface area contributed by atoms with E-state index in [1.54, 1.807) is 32.4 Å². The number of hydrogen-bond donors (Lipinski definition) is 0. The molecule has 0 bridgehead atoms. The fraction of sp³-hybridized carbons (Fsp3) is 0.174. The van der Waals surface area contributed by atoms with Gasteiger partial charge in [-0.3, -0.25) is 4.79 Å². The highest BCUT2D eigenvalue weighted by molar-refractivity contribution is 7.14. The lowest BCUT2D eigenvalue weighted by Crippen LogP contribution is -2.00. The van der Waals surface area contributed by atoms with Crippen molar-refractivity contribution >= 4 is 17.1 Å². The molecule has 1 heterocycles. The molecule has 0 aliphatic heterocycles. The van der Waals surface area contributed by atoms with Crippen molar-refractivity contribution in [1.82, 2.24) is 0 Å². The normalized spacial score (nSPS) is 10.0. The maximum absolute atomic E-state index is 12.7. The first-order valence-corrected chi connectivity index (χ1v) is 9.43. The van der Waals surface area contributed by atoms with E-state index < -0.39 is 0 Å². The van der Waals surface area contributed by atoms with Crippen LogP contribution >= 0.6 is 11.3 Å². The second-order valence-corrected chi connectivity index (χ2v) is 6.95. The maximum atomic E-state index is 12.7. The lowest BCUT2D eigenvalue weighted by atomic mass is 10.1. The minimum atomic E-state index is -0.0544. The minimum Gasteiger partial charge on any atom is -0.493 e. The molecule has 27 heavy (non-hydrogen) atoms. The summed E-state index contributed by atoms with van der Waals surface area (Å²) in [6.07, 6.45) is 1.01. The van der Waals surface area contributed by atoms with Crippen LogP contribution in [0.25, 0.3) is 0 Å². The van der Waals surface area contributed by atoms with Crippen LogP contribution in [-0.4, -0.2) is 20.0 Å². The van der Waals surface area contributed by atoms with Gasteiger partial charge in [-0.2, -0.15) is 0 Å². The predicted octanol–water partition coefficient (Wildman–Crippen LogP) is 4.96. The van der Waals surface area contributed by atoms with E-state index in [1.807, 2.05) is 24.3 Å². The summed E-state index contributed by atoms with van der Waals surface area (Å²) in [4.78, 5) is 14.2. The molecule has 3 aromatic rings. The number of carbonyl (C=O) groups is 1. The monoisotopic (exact) mass is 376 g/mol. The Hall–Kier alpha value is -3.03. The Balaban J connectivity index is 1.79. The Labute approximate surface area is 163 Å². The summed E-state index contributed by atoms with van der Waals surface area (Å²) >= 11 is 1.39. The third-order valence-electron chi connectivity index (χ3n) is 4.17. The Morgan fingerprint density at radius 3 is 2.33 bits per heavy atom. The molecule has 3 rings (SSSR count). The van der Waals surface area contributed by atoms with Crippen molar-refractivity contribution in [2.24, 2.45) is 0 Å². The van der Waals surface area contributed by atoms with Crippen molar-refractivity contribution < 1.29 is 14.3 Å². The molecule has 1 aromatic heterocycles. The predicted molar refractivity (Wildman–Crippen MR) is 109 cm³/mol. The summed E-state index contributed by atoms with van der Waals surface area (Å²) in [6, 6.07) is 17.1. The highest BCUT2D eigenvalue weighted by atomic mass is 32.1. The molecule has 0 aliphatic carbocycles. The molecule has 0 radical (unpaired) electrons. The van der Waals surface area contributed by atoms with Crippen molar-refractivity contribution in [2.75, 3.05) is 14.2 Å². The Kier molecular flexibility index (Phi) is 5.95. The standard InChI is InChI=1S/C23H20O3S/c1-4-16-5-7-17(8-6-16)9-11-19-12-14-22(27-19)23(24)18-10-13-20(25-2)21(15-18)26-3/h5-8,10,12-15H,4H2,1-3H3. The van der Waals surface area contributed by atoms with Gasteiger partial charge in [0.15, 0.2) is 11.5 Å². The van der Waals surface area contributed by atoms with Crippen LogP contribution in [-0.2, 0) is 6.42 Å². The molecule has 0 spiro atoms. The van der Waals surface area contributed by atoms with E-state index >= 15 is 0 Å². The van der Waals surface area contributed by atoms with Gasteiger partial charge < -0.3 is 9.47 Å². The van der Waals surface area contributed by atoms with Gasteiger partial charge in [-0.05, 0) is 54.4 Å². The summed E-state index contributed by atoms with van der Waals surface area (Å²) in [5, 5.41) is 0. The van der Waals surface area contributed by atoms with Crippen LogP contribution in [0.1, 0.15) is 38.2 Å². The van der Waals surface area contributed by atoms with Crippen LogP contribution in [0.4, 0.5) is 0 Å². The summed E-state index contributed by atoms with van der Waals surface area (Å²) in [5.41, 5.74) is 2.82. The summed E-state index contributed by atoms with van der Waals surface area (Å²) in [7, 11) is 3.12. The average molecular weight is 376 g/mol. The second kappa shape index (κ2) is 8.57. The number of thiophene rings is 1. The molecule has 0 unspecified atom stereocenters. The number of rotatable bonds is 5. The number of hydrogen-bond acceptors (Lipinski definition) is 4. The molecule has 2 aromatic carbocycles. The van der Waals surface area contributed by atoms with Gasteiger partial charge in [-0.1, -0.05) is 30.9 Å². The van der Waals surface area contributed by atoms with Gasteiger partial charge in [0.2, 0.25) is 5.78 Å². The van der Waals surface area contributed by atoms with Crippen molar-refractivity contribution in [1.29, 1.82) is 0 Å². The molecule has 0 aliphatic rings. The van der Waals surface area contributed by atoms with Crippen LogP contribution in [0.5, 0.6) is 11.5 Å². The lowest BCUT2D eigenvalue weighted by Gasteiger charge is -2.08. The fourth-order valence-electron chi connectivity index (χ4n) is 2.60. The third kappa shape index (κ3) is 4.39. The molecular formula is C23H20O3S.